The molecular formula is C73H128O6. The first-order valence-electron chi connectivity index (χ1n) is 34.1. The lowest BCUT2D eigenvalue weighted by Gasteiger charge is -2.18. The van der Waals surface area contributed by atoms with Gasteiger partial charge in [0.2, 0.25) is 0 Å². The van der Waals surface area contributed by atoms with E-state index < -0.39 is 6.10 Å². The van der Waals surface area contributed by atoms with Crippen LogP contribution >= 0.6 is 0 Å². The Bertz CT molecular complexity index is 1500. The maximum atomic E-state index is 12.9. The molecule has 6 nitrogen and oxygen atoms in total. The Kier molecular flexibility index (Phi) is 64.2. The van der Waals surface area contributed by atoms with E-state index in [2.05, 4.69) is 106 Å². The van der Waals surface area contributed by atoms with Crippen molar-refractivity contribution >= 4 is 17.9 Å². The molecule has 1 unspecified atom stereocenters. The normalized spacial score (nSPS) is 12.6. The highest BCUT2D eigenvalue weighted by Gasteiger charge is 2.19. The molecule has 0 heterocycles. The van der Waals surface area contributed by atoms with Crippen molar-refractivity contribution in [2.75, 3.05) is 13.2 Å². The minimum Gasteiger partial charge on any atom is -0.462 e. The van der Waals surface area contributed by atoms with Crippen LogP contribution in [-0.4, -0.2) is 37.2 Å². The van der Waals surface area contributed by atoms with Crippen LogP contribution in [0.2, 0.25) is 0 Å². The summed E-state index contributed by atoms with van der Waals surface area (Å²) in [6.45, 7) is 6.46. The summed E-state index contributed by atoms with van der Waals surface area (Å²) < 4.78 is 16.8. The Morgan fingerprint density at radius 3 is 0.861 bits per heavy atom. The Balaban J connectivity index is 4.14. The van der Waals surface area contributed by atoms with E-state index in [9.17, 15) is 14.4 Å². The molecule has 0 rings (SSSR count). The summed E-state index contributed by atoms with van der Waals surface area (Å²) in [6, 6.07) is 0. The van der Waals surface area contributed by atoms with Gasteiger partial charge in [0.1, 0.15) is 13.2 Å². The largest absolute Gasteiger partial charge is 0.462 e. The van der Waals surface area contributed by atoms with Gasteiger partial charge in [0.25, 0.3) is 0 Å². The van der Waals surface area contributed by atoms with Crippen molar-refractivity contribution in [3.05, 3.63) is 85.1 Å². The Hall–Kier alpha value is -3.41. The molecule has 456 valence electrons. The van der Waals surface area contributed by atoms with Gasteiger partial charge >= 0.3 is 17.9 Å². The zero-order valence-corrected chi connectivity index (χ0v) is 52.4. The standard InChI is InChI=1S/C73H128O6/c1-4-7-10-13-16-19-22-24-26-28-29-30-31-32-33-34-35-36-37-38-39-40-41-42-43-45-46-48-51-54-57-60-63-66-72(75)78-69-70(68-77-71(74)65-62-59-56-53-50-21-18-15-12-9-6-3)79-73(76)67-64-61-58-55-52-49-47-44-27-25-23-20-17-14-11-8-5-2/h8,11,15,17-18,20,25,27-29,47,49,55,58,70H,4-7,9-10,12-14,16,19,21-24,26,30-46,48,50-54,56-57,59-69H2,1-3H3/b11-8-,18-15-,20-17-,27-25-,29-28-,49-47-,58-55-. The third kappa shape index (κ3) is 65.3. The van der Waals surface area contributed by atoms with Crippen LogP contribution in [0.3, 0.4) is 0 Å². The number of ether oxygens (including phenoxy) is 3. The van der Waals surface area contributed by atoms with Crippen LogP contribution in [0.15, 0.2) is 85.1 Å². The quantitative estimate of drug-likeness (QED) is 0.0261. The fourth-order valence-electron chi connectivity index (χ4n) is 9.75. The van der Waals surface area contributed by atoms with Gasteiger partial charge in [-0.2, -0.15) is 0 Å². The number of esters is 3. The van der Waals surface area contributed by atoms with Crippen molar-refractivity contribution in [1.82, 2.24) is 0 Å². The van der Waals surface area contributed by atoms with Crippen molar-refractivity contribution in [3.63, 3.8) is 0 Å². The first-order valence-corrected chi connectivity index (χ1v) is 34.1. The second-order valence-electron chi connectivity index (χ2n) is 22.7. The molecule has 0 aliphatic rings. The van der Waals surface area contributed by atoms with Crippen molar-refractivity contribution < 1.29 is 28.6 Å². The van der Waals surface area contributed by atoms with E-state index in [1.165, 1.54) is 205 Å². The van der Waals surface area contributed by atoms with Crippen LogP contribution in [-0.2, 0) is 28.6 Å². The second-order valence-corrected chi connectivity index (χ2v) is 22.7. The molecule has 0 amide bonds. The highest BCUT2D eigenvalue weighted by Crippen LogP contribution is 2.17. The van der Waals surface area contributed by atoms with Crippen LogP contribution in [0.4, 0.5) is 0 Å². The summed E-state index contributed by atoms with van der Waals surface area (Å²) in [6.07, 6.45) is 89.3. The van der Waals surface area contributed by atoms with E-state index in [-0.39, 0.29) is 37.5 Å². The molecule has 0 aromatic rings. The van der Waals surface area contributed by atoms with Gasteiger partial charge in [0.05, 0.1) is 0 Å². The lowest BCUT2D eigenvalue weighted by molar-refractivity contribution is -0.167. The topological polar surface area (TPSA) is 78.9 Å². The average Bonchev–Trinajstić information content (AvgIpc) is 3.45. The van der Waals surface area contributed by atoms with E-state index in [1.54, 1.807) is 0 Å². The molecule has 0 aliphatic carbocycles. The highest BCUT2D eigenvalue weighted by atomic mass is 16.6. The van der Waals surface area contributed by atoms with Gasteiger partial charge in [-0.1, -0.05) is 305 Å². The molecule has 0 saturated heterocycles. The molecule has 0 fully saturated rings. The van der Waals surface area contributed by atoms with E-state index in [0.29, 0.717) is 19.3 Å². The lowest BCUT2D eigenvalue weighted by atomic mass is 10.0. The number of carbonyl (C=O) groups is 3. The second kappa shape index (κ2) is 67.1. The van der Waals surface area contributed by atoms with Gasteiger partial charge in [0, 0.05) is 19.3 Å². The minimum atomic E-state index is -0.809. The third-order valence-electron chi connectivity index (χ3n) is 14.9. The fraction of sp³-hybridized carbons (Fsp3) is 0.767. The van der Waals surface area contributed by atoms with Gasteiger partial charge in [-0.05, 0) is 103 Å². The van der Waals surface area contributed by atoms with Crippen molar-refractivity contribution in [1.29, 1.82) is 0 Å². The molecule has 0 aliphatic heterocycles. The summed E-state index contributed by atoms with van der Waals surface area (Å²) in [5.41, 5.74) is 0. The summed E-state index contributed by atoms with van der Waals surface area (Å²) in [4.78, 5) is 38.2. The summed E-state index contributed by atoms with van der Waals surface area (Å²) in [5, 5.41) is 0. The number of hydrogen-bond acceptors (Lipinski definition) is 6. The smallest absolute Gasteiger partial charge is 0.306 e. The van der Waals surface area contributed by atoms with Crippen molar-refractivity contribution in [2.45, 2.75) is 348 Å². The molecule has 1 atom stereocenters. The van der Waals surface area contributed by atoms with Crippen molar-refractivity contribution in [3.8, 4) is 0 Å². The van der Waals surface area contributed by atoms with Gasteiger partial charge in [-0.15, -0.1) is 0 Å². The number of unbranched alkanes of at least 4 members (excludes halogenated alkanes) is 37. The average molecular weight is 1100 g/mol. The Morgan fingerprint density at radius 2 is 0.519 bits per heavy atom. The van der Waals surface area contributed by atoms with Gasteiger partial charge in [-0.3, -0.25) is 14.4 Å². The molecule has 6 heteroatoms. The van der Waals surface area contributed by atoms with Crippen LogP contribution < -0.4 is 0 Å². The molecule has 0 radical (unpaired) electrons. The molecule has 79 heavy (non-hydrogen) atoms. The van der Waals surface area contributed by atoms with E-state index in [4.69, 9.17) is 14.2 Å². The molecule has 0 spiro atoms. The Labute approximate surface area is 490 Å². The monoisotopic (exact) mass is 1100 g/mol. The van der Waals surface area contributed by atoms with Crippen molar-refractivity contribution in [2.24, 2.45) is 0 Å². The summed E-state index contributed by atoms with van der Waals surface area (Å²) in [5.74, 6) is -0.957. The number of allylic oxidation sites excluding steroid dienone is 14. The fourth-order valence-corrected chi connectivity index (χ4v) is 9.75. The molecule has 0 bridgehead atoms. The molecule has 0 saturated carbocycles. The molecule has 0 aromatic heterocycles. The molecule has 0 aromatic carbocycles. The zero-order chi connectivity index (χ0) is 57.1. The molecule has 0 N–H and O–H groups in total. The maximum Gasteiger partial charge on any atom is 0.306 e. The molecular weight excluding hydrogens is 973 g/mol. The minimum absolute atomic E-state index is 0.0994. The predicted octanol–water partition coefficient (Wildman–Crippen LogP) is 23.4. The Morgan fingerprint density at radius 1 is 0.266 bits per heavy atom. The SMILES string of the molecule is CC/C=C\C/C=C\C/C=C\C/C=C\C/C=C\CCCC(=O)OC(COC(=O)CCCCCCC/C=C\CCCC)COC(=O)CCCCCCCCCCCCCCCCCCCCCCC/C=C\CCCCCCCCCC. The maximum absolute atomic E-state index is 12.9. The van der Waals surface area contributed by atoms with Gasteiger partial charge < -0.3 is 14.2 Å². The number of carbonyl (C=O) groups excluding carboxylic acids is 3. The van der Waals surface area contributed by atoms with Gasteiger partial charge in [-0.25, -0.2) is 0 Å². The van der Waals surface area contributed by atoms with E-state index >= 15 is 0 Å². The number of hydrogen-bond donors (Lipinski definition) is 0. The summed E-state index contributed by atoms with van der Waals surface area (Å²) >= 11 is 0. The van der Waals surface area contributed by atoms with Crippen LogP contribution in [0.5, 0.6) is 0 Å². The zero-order valence-electron chi connectivity index (χ0n) is 52.4. The first-order chi connectivity index (χ1) is 39.0. The first kappa shape index (κ1) is 75.6. The van der Waals surface area contributed by atoms with Crippen LogP contribution in [0, 0.1) is 0 Å². The summed E-state index contributed by atoms with van der Waals surface area (Å²) in [7, 11) is 0. The number of rotatable bonds is 62. The lowest BCUT2D eigenvalue weighted by Crippen LogP contribution is -2.30. The van der Waals surface area contributed by atoms with Crippen LogP contribution in [0.25, 0.3) is 0 Å². The highest BCUT2D eigenvalue weighted by molar-refractivity contribution is 5.71. The van der Waals surface area contributed by atoms with E-state index in [0.717, 1.165) is 89.9 Å². The predicted molar refractivity (Wildman–Crippen MR) is 344 cm³/mol. The van der Waals surface area contributed by atoms with Gasteiger partial charge in [0.15, 0.2) is 6.10 Å². The third-order valence-corrected chi connectivity index (χ3v) is 14.9. The van der Waals surface area contributed by atoms with Crippen LogP contribution in [0.1, 0.15) is 342 Å². The van der Waals surface area contributed by atoms with E-state index in [1.807, 2.05) is 0 Å².